The molecule has 0 aromatic rings. The molecule has 2 saturated heterocycles. The van der Waals surface area contributed by atoms with E-state index in [2.05, 4.69) is 33.8 Å². The first-order chi connectivity index (χ1) is 9.34. The fourth-order valence-electron chi connectivity index (χ4n) is 2.91. The Morgan fingerprint density at radius 1 is 1.00 bits per heavy atom. The summed E-state index contributed by atoms with van der Waals surface area (Å²) in [5, 5.41) is 0. The van der Waals surface area contributed by atoms with Crippen LogP contribution < -0.4 is 0 Å². The van der Waals surface area contributed by atoms with Crippen LogP contribution in [0, 0.1) is 0 Å². The predicted molar refractivity (Wildman–Crippen MR) is 77.3 cm³/mol. The number of hydrogen-bond acceptors (Lipinski definition) is 4. The van der Waals surface area contributed by atoms with Crippen molar-refractivity contribution in [1.29, 1.82) is 0 Å². The normalized spacial score (nSPS) is 31.4. The topological polar surface area (TPSA) is 36.9 Å². The molecule has 112 valence electrons. The second-order valence-electron chi connectivity index (χ2n) is 7.03. The minimum absolute atomic E-state index is 0.221. The number of allylic oxidation sites excluding steroid dienone is 1. The van der Waals surface area contributed by atoms with E-state index in [4.69, 9.17) is 18.8 Å². The van der Waals surface area contributed by atoms with Gasteiger partial charge in [0.2, 0.25) is 0 Å². The van der Waals surface area contributed by atoms with Gasteiger partial charge in [-0.2, -0.15) is 0 Å². The molecule has 2 heterocycles. The molecule has 0 unspecified atom stereocenters. The van der Waals surface area contributed by atoms with Gasteiger partial charge in [-0.3, -0.25) is 0 Å². The van der Waals surface area contributed by atoms with Crippen molar-refractivity contribution in [2.75, 3.05) is 13.2 Å². The lowest BCUT2D eigenvalue weighted by atomic mass is 9.71. The van der Waals surface area contributed by atoms with Gasteiger partial charge >= 0.3 is 7.12 Å². The van der Waals surface area contributed by atoms with Gasteiger partial charge in [0.15, 0.2) is 5.79 Å². The molecule has 0 saturated carbocycles. The van der Waals surface area contributed by atoms with Crippen LogP contribution in [0.4, 0.5) is 0 Å². The lowest BCUT2D eigenvalue weighted by molar-refractivity contribution is -0.269. The summed E-state index contributed by atoms with van der Waals surface area (Å²) in [5.74, 6) is -0.384. The fourth-order valence-corrected chi connectivity index (χ4v) is 2.91. The van der Waals surface area contributed by atoms with Gasteiger partial charge in [0.1, 0.15) is 0 Å². The minimum Gasteiger partial charge on any atom is -0.400 e. The predicted octanol–water partition coefficient (Wildman–Crippen LogP) is 2.86. The largest absolute Gasteiger partial charge is 0.490 e. The monoisotopic (exact) mass is 280 g/mol. The van der Waals surface area contributed by atoms with Gasteiger partial charge in [-0.15, -0.1) is 0 Å². The van der Waals surface area contributed by atoms with E-state index in [1.807, 2.05) is 0 Å². The Labute approximate surface area is 121 Å². The molecule has 0 aromatic heterocycles. The minimum atomic E-state index is -0.384. The molecule has 0 radical (unpaired) electrons. The van der Waals surface area contributed by atoms with Crippen LogP contribution in [0.3, 0.4) is 0 Å². The molecular weight excluding hydrogens is 255 g/mol. The fraction of sp³-hybridized carbons (Fsp3) is 0.867. The van der Waals surface area contributed by atoms with Crippen molar-refractivity contribution in [3.05, 3.63) is 11.5 Å². The maximum absolute atomic E-state index is 6.11. The van der Waals surface area contributed by atoms with Crippen LogP contribution in [0.25, 0.3) is 0 Å². The average Bonchev–Trinajstić information content (AvgIpc) is 2.60. The smallest absolute Gasteiger partial charge is 0.400 e. The molecule has 1 spiro atoms. The summed E-state index contributed by atoms with van der Waals surface area (Å²) in [6.07, 6.45) is 5.79. The Kier molecular flexibility index (Phi) is 3.52. The van der Waals surface area contributed by atoms with Crippen molar-refractivity contribution in [2.45, 2.75) is 70.4 Å². The second-order valence-corrected chi connectivity index (χ2v) is 7.03. The van der Waals surface area contributed by atoms with E-state index >= 15 is 0 Å². The highest BCUT2D eigenvalue weighted by Gasteiger charge is 2.53. The van der Waals surface area contributed by atoms with Gasteiger partial charge in [-0.1, -0.05) is 6.08 Å². The van der Waals surface area contributed by atoms with E-state index in [9.17, 15) is 0 Å². The molecule has 3 aliphatic rings. The van der Waals surface area contributed by atoms with Crippen molar-refractivity contribution in [2.24, 2.45) is 0 Å². The first-order valence-corrected chi connectivity index (χ1v) is 7.66. The summed E-state index contributed by atoms with van der Waals surface area (Å²) in [5.41, 5.74) is 0.684. The number of ether oxygens (including phenoxy) is 2. The molecule has 0 N–H and O–H groups in total. The Hall–Kier alpha value is -0.355. The van der Waals surface area contributed by atoms with E-state index in [1.165, 1.54) is 5.47 Å². The summed E-state index contributed by atoms with van der Waals surface area (Å²) >= 11 is 0. The van der Waals surface area contributed by atoms with Gasteiger partial charge in [-0.05, 0) is 46.0 Å². The number of rotatable bonds is 1. The molecule has 0 atom stereocenters. The van der Waals surface area contributed by atoms with Crippen molar-refractivity contribution in [1.82, 2.24) is 0 Å². The highest BCUT2D eigenvalue weighted by molar-refractivity contribution is 6.54. The van der Waals surface area contributed by atoms with Gasteiger partial charge in [0.25, 0.3) is 0 Å². The Balaban J connectivity index is 1.68. The Bertz CT molecular complexity index is 394. The van der Waals surface area contributed by atoms with Crippen molar-refractivity contribution in [3.8, 4) is 0 Å². The highest BCUT2D eigenvalue weighted by atomic mass is 16.7. The zero-order valence-electron chi connectivity index (χ0n) is 13.0. The molecule has 3 rings (SSSR count). The highest BCUT2D eigenvalue weighted by Crippen LogP contribution is 2.42. The lowest BCUT2D eigenvalue weighted by Crippen LogP contribution is -2.42. The Morgan fingerprint density at radius 3 is 2.10 bits per heavy atom. The third-order valence-electron chi connectivity index (χ3n) is 5.04. The van der Waals surface area contributed by atoms with Gasteiger partial charge in [0.05, 0.1) is 24.4 Å². The zero-order valence-corrected chi connectivity index (χ0v) is 13.0. The molecular formula is C15H25BO4. The van der Waals surface area contributed by atoms with Crippen molar-refractivity contribution >= 4 is 7.12 Å². The average molecular weight is 280 g/mol. The molecule has 4 nitrogen and oxygen atoms in total. The quantitative estimate of drug-likeness (QED) is 0.692. The molecule has 5 heteroatoms. The van der Waals surface area contributed by atoms with Crippen LogP contribution in [0.2, 0.25) is 0 Å². The van der Waals surface area contributed by atoms with Crippen LogP contribution in [0.1, 0.15) is 53.4 Å². The van der Waals surface area contributed by atoms with Crippen molar-refractivity contribution < 1.29 is 18.8 Å². The second kappa shape index (κ2) is 4.84. The summed E-state index contributed by atoms with van der Waals surface area (Å²) in [7, 11) is -0.221. The van der Waals surface area contributed by atoms with E-state index in [0.717, 1.165) is 38.9 Å². The molecule has 0 amide bonds. The van der Waals surface area contributed by atoms with E-state index in [0.29, 0.717) is 0 Å². The standard InChI is InChI=1S/C15H25BO4/c1-13(2)14(3,4)20-16(19-13)12-6-8-15(9-7-12)17-10-5-11-18-15/h6H,5,7-11H2,1-4H3. The first-order valence-electron chi connectivity index (χ1n) is 7.66. The molecule has 0 bridgehead atoms. The molecule has 0 aromatic carbocycles. The van der Waals surface area contributed by atoms with Crippen LogP contribution >= 0.6 is 0 Å². The summed E-state index contributed by atoms with van der Waals surface area (Å²) in [4.78, 5) is 0. The van der Waals surface area contributed by atoms with E-state index in [1.54, 1.807) is 0 Å². The maximum atomic E-state index is 6.11. The SMILES string of the molecule is CC1(C)OB(C2=CCC3(CC2)OCCCO3)OC1(C)C. The number of hydrogen-bond donors (Lipinski definition) is 0. The summed E-state index contributed by atoms with van der Waals surface area (Å²) < 4.78 is 23.9. The van der Waals surface area contributed by atoms with Gasteiger partial charge in [0, 0.05) is 12.8 Å². The first kappa shape index (κ1) is 14.6. The molecule has 2 fully saturated rings. The van der Waals surface area contributed by atoms with Gasteiger partial charge < -0.3 is 18.8 Å². The van der Waals surface area contributed by atoms with Crippen molar-refractivity contribution in [3.63, 3.8) is 0 Å². The summed E-state index contributed by atoms with van der Waals surface area (Å²) in [6.45, 7) is 9.96. The van der Waals surface area contributed by atoms with Crippen LogP contribution in [-0.2, 0) is 18.8 Å². The van der Waals surface area contributed by atoms with Crippen LogP contribution in [0.5, 0.6) is 0 Å². The van der Waals surface area contributed by atoms with Crippen LogP contribution in [0.15, 0.2) is 11.5 Å². The van der Waals surface area contributed by atoms with E-state index in [-0.39, 0.29) is 24.1 Å². The van der Waals surface area contributed by atoms with E-state index < -0.39 is 0 Å². The molecule has 2 aliphatic heterocycles. The molecule has 20 heavy (non-hydrogen) atoms. The van der Waals surface area contributed by atoms with Crippen LogP contribution in [-0.4, -0.2) is 37.3 Å². The third-order valence-corrected chi connectivity index (χ3v) is 5.04. The molecule has 1 aliphatic carbocycles. The lowest BCUT2D eigenvalue weighted by Gasteiger charge is -2.39. The third kappa shape index (κ3) is 2.45. The maximum Gasteiger partial charge on any atom is 0.490 e. The van der Waals surface area contributed by atoms with Gasteiger partial charge in [-0.25, -0.2) is 0 Å². The zero-order chi connectivity index (χ0) is 14.4. The summed E-state index contributed by atoms with van der Waals surface area (Å²) in [6, 6.07) is 0. The Morgan fingerprint density at radius 2 is 1.60 bits per heavy atom.